The molecule has 1 aliphatic heterocycles. The van der Waals surface area contributed by atoms with Crippen molar-refractivity contribution in [3.8, 4) is 0 Å². The summed E-state index contributed by atoms with van der Waals surface area (Å²) in [7, 11) is 2.19. The lowest BCUT2D eigenvalue weighted by Gasteiger charge is -2.35. The third-order valence-corrected chi connectivity index (χ3v) is 14.0. The van der Waals surface area contributed by atoms with Crippen molar-refractivity contribution in [2.24, 2.45) is 11.8 Å². The highest BCUT2D eigenvalue weighted by atomic mass is 32.1. The van der Waals surface area contributed by atoms with Gasteiger partial charge in [0, 0.05) is 29.9 Å². The van der Waals surface area contributed by atoms with Gasteiger partial charge in [-0.1, -0.05) is 23.4 Å². The van der Waals surface area contributed by atoms with Crippen LogP contribution < -0.4 is 10.6 Å². The molecule has 3 atom stereocenters. The van der Waals surface area contributed by atoms with Gasteiger partial charge in [-0.3, -0.25) is 4.79 Å². The van der Waals surface area contributed by atoms with Crippen LogP contribution in [0.4, 0.5) is 0 Å². The zero-order chi connectivity index (χ0) is 38.1. The summed E-state index contributed by atoms with van der Waals surface area (Å²) in [6.45, 7) is 5.30. The molecule has 290 valence electrons. The zero-order valence-electron chi connectivity index (χ0n) is 31.5. The molecule has 55 heavy (non-hydrogen) atoms. The maximum atomic E-state index is 13.6. The number of nitrogens with one attached hydrogen (secondary N) is 2. The molecular weight excluding hydrogens is 733 g/mol. The van der Waals surface area contributed by atoms with E-state index in [2.05, 4.69) is 43.6 Å². The number of ether oxygens (including phenoxy) is 1. The van der Waals surface area contributed by atoms with Gasteiger partial charge in [0.2, 0.25) is 11.5 Å². The number of aliphatic hydroxyl groups excluding tert-OH is 1. The van der Waals surface area contributed by atoms with Crippen LogP contribution in [0.5, 0.6) is 0 Å². The number of fused-ring (bicyclic) bond motifs is 4. The van der Waals surface area contributed by atoms with Crippen LogP contribution in [-0.2, 0) is 45.9 Å². The third-order valence-electron chi connectivity index (χ3n) is 11.9. The molecule has 0 spiro atoms. The number of amides is 1. The van der Waals surface area contributed by atoms with Gasteiger partial charge in [-0.25, -0.2) is 9.48 Å². The molecule has 8 rings (SSSR count). The highest BCUT2D eigenvalue weighted by Crippen LogP contribution is 2.39. The first-order valence-electron chi connectivity index (χ1n) is 19.6. The predicted molar refractivity (Wildman–Crippen MR) is 215 cm³/mol. The normalized spacial score (nSPS) is 23.2. The van der Waals surface area contributed by atoms with Crippen LogP contribution in [0.1, 0.15) is 76.3 Å². The maximum Gasteiger partial charge on any atom is 0.349 e. The van der Waals surface area contributed by atoms with Crippen LogP contribution in [0.25, 0.3) is 11.0 Å². The summed E-state index contributed by atoms with van der Waals surface area (Å²) >= 11 is 2.80. The Balaban J connectivity index is 0.819. The third kappa shape index (κ3) is 7.69. The molecule has 0 saturated heterocycles. The minimum Gasteiger partial charge on any atom is -0.506 e. The van der Waals surface area contributed by atoms with E-state index in [1.807, 2.05) is 42.7 Å². The summed E-state index contributed by atoms with van der Waals surface area (Å²) in [5.41, 5.74) is 5.09. The van der Waals surface area contributed by atoms with Gasteiger partial charge in [0.15, 0.2) is 0 Å². The second-order valence-corrected chi connectivity index (χ2v) is 17.7. The van der Waals surface area contributed by atoms with E-state index in [1.54, 1.807) is 18.2 Å². The van der Waals surface area contributed by atoms with Crippen LogP contribution in [0.15, 0.2) is 71.5 Å². The zero-order valence-corrected chi connectivity index (χ0v) is 33.1. The number of nitrogens with zero attached hydrogens (tertiary/aromatic N) is 4. The van der Waals surface area contributed by atoms with Crippen molar-refractivity contribution in [2.45, 2.75) is 95.5 Å². The number of hydrogen-bond acceptors (Lipinski definition) is 11. The maximum absolute atomic E-state index is 13.6. The van der Waals surface area contributed by atoms with Crippen LogP contribution >= 0.6 is 22.7 Å². The Labute approximate surface area is 329 Å². The SMILES string of the molecule is Cc1ccc([C@](O)(C(=O)O[C@H]2CC[C@H](N(C)CCCn3nnc4cc(CNCCC5C=CC(O)=C6NC(=O)C=CC65)c5c(c43)CCC5)CC2)c2cccs2)s1. The summed E-state index contributed by atoms with van der Waals surface area (Å²) in [4.78, 5) is 30.0. The number of benzene rings is 1. The summed E-state index contributed by atoms with van der Waals surface area (Å²) in [5.74, 6) is -0.446. The average Bonchev–Trinajstić information content (AvgIpc) is 4.02. The first-order chi connectivity index (χ1) is 26.7. The highest BCUT2D eigenvalue weighted by Gasteiger charge is 2.45. The molecule has 0 radical (unpaired) electrons. The van der Waals surface area contributed by atoms with Crippen molar-refractivity contribution in [3.05, 3.63) is 103 Å². The number of aliphatic hydroxyl groups is 2. The molecular formula is C42H50N6O5S2. The van der Waals surface area contributed by atoms with E-state index in [0.717, 1.165) is 94.4 Å². The van der Waals surface area contributed by atoms with E-state index in [4.69, 9.17) is 4.74 Å². The lowest BCUT2D eigenvalue weighted by atomic mass is 9.81. The Morgan fingerprint density at radius 1 is 1.13 bits per heavy atom. The standard InChI is InChI=1S/C42H50N6O5S2/c1-26-9-17-37(55-26)42(52,36-8-4-23-54-36)41(51)53-30-13-11-29(12-14-30)47(2)21-5-22-48-40-33-7-3-6-31(33)28(24-34(40)45-46-48)25-43-20-19-27-10-16-35(49)39-32(27)15-18-38(50)44-39/h4,8-10,15-18,23-24,27,29-30,32,43,49,52H,3,5-7,11-14,19-22,25H2,1-2H3,(H,44,50)/t27?,29-,30-,32?,42-/m0/s1. The largest absolute Gasteiger partial charge is 0.506 e. The molecule has 2 unspecified atom stereocenters. The summed E-state index contributed by atoms with van der Waals surface area (Å²) in [6, 6.07) is 10.0. The van der Waals surface area contributed by atoms with Gasteiger partial charge in [0.25, 0.3) is 0 Å². The predicted octanol–water partition coefficient (Wildman–Crippen LogP) is 6.20. The van der Waals surface area contributed by atoms with Crippen molar-refractivity contribution < 1.29 is 24.5 Å². The molecule has 4 aromatic rings. The Bertz CT molecular complexity index is 2130. The van der Waals surface area contributed by atoms with E-state index >= 15 is 0 Å². The summed E-state index contributed by atoms with van der Waals surface area (Å²) in [6.07, 6.45) is 15.5. The number of allylic oxidation sites excluding steroid dienone is 3. The monoisotopic (exact) mass is 782 g/mol. The first kappa shape index (κ1) is 37.8. The lowest BCUT2D eigenvalue weighted by Crippen LogP contribution is -2.42. The first-order valence-corrected chi connectivity index (χ1v) is 21.3. The Kier molecular flexibility index (Phi) is 11.1. The van der Waals surface area contributed by atoms with E-state index in [-0.39, 0.29) is 29.6 Å². The van der Waals surface area contributed by atoms with Gasteiger partial charge in [0.1, 0.15) is 17.4 Å². The lowest BCUT2D eigenvalue weighted by molar-refractivity contribution is -0.169. The summed E-state index contributed by atoms with van der Waals surface area (Å²) in [5, 5.41) is 39.6. The second kappa shape index (κ2) is 16.1. The average molecular weight is 783 g/mol. The Morgan fingerprint density at radius 3 is 2.75 bits per heavy atom. The van der Waals surface area contributed by atoms with E-state index in [0.29, 0.717) is 21.5 Å². The van der Waals surface area contributed by atoms with Gasteiger partial charge in [-0.2, -0.15) is 0 Å². The van der Waals surface area contributed by atoms with Gasteiger partial charge in [-0.05, 0) is 149 Å². The van der Waals surface area contributed by atoms with E-state index in [1.165, 1.54) is 44.9 Å². The van der Waals surface area contributed by atoms with Gasteiger partial charge in [0.05, 0.1) is 21.0 Å². The number of hydrogen-bond donors (Lipinski definition) is 4. The molecule has 4 aliphatic rings. The molecule has 1 saturated carbocycles. The number of aromatic nitrogens is 3. The van der Waals surface area contributed by atoms with Crippen molar-refractivity contribution in [2.75, 3.05) is 20.1 Å². The topological polar surface area (TPSA) is 142 Å². The molecule has 0 bridgehead atoms. The fourth-order valence-corrected chi connectivity index (χ4v) is 10.8. The van der Waals surface area contributed by atoms with Crippen molar-refractivity contribution in [1.29, 1.82) is 0 Å². The molecule has 3 aliphatic carbocycles. The van der Waals surface area contributed by atoms with Crippen LogP contribution in [0.2, 0.25) is 0 Å². The smallest absolute Gasteiger partial charge is 0.349 e. The number of carbonyl (C=O) groups is 2. The number of carbonyl (C=O) groups excluding carboxylic acids is 2. The van der Waals surface area contributed by atoms with Gasteiger partial charge in [-0.15, -0.1) is 27.8 Å². The van der Waals surface area contributed by atoms with E-state index in [9.17, 15) is 19.8 Å². The van der Waals surface area contributed by atoms with Crippen molar-refractivity contribution in [3.63, 3.8) is 0 Å². The fraction of sp³-hybridized carbons (Fsp3) is 0.476. The molecule has 1 fully saturated rings. The Hall–Kier alpha value is -4.14. The highest BCUT2D eigenvalue weighted by molar-refractivity contribution is 7.13. The minimum atomic E-state index is -1.77. The van der Waals surface area contributed by atoms with Gasteiger partial charge < -0.3 is 30.5 Å². The van der Waals surface area contributed by atoms with Crippen LogP contribution in [0, 0.1) is 18.8 Å². The molecule has 3 aromatic heterocycles. The van der Waals surface area contributed by atoms with Crippen molar-refractivity contribution >= 4 is 45.6 Å². The number of aryl methyl sites for hydroxylation is 3. The number of thiophene rings is 2. The molecule has 4 heterocycles. The molecule has 13 heteroatoms. The molecule has 4 N–H and O–H groups in total. The van der Waals surface area contributed by atoms with Gasteiger partial charge >= 0.3 is 5.97 Å². The minimum absolute atomic E-state index is 0.0152. The van der Waals surface area contributed by atoms with Crippen LogP contribution in [-0.4, -0.2) is 74.3 Å². The quantitative estimate of drug-likeness (QED) is 0.0870. The Morgan fingerprint density at radius 2 is 1.96 bits per heavy atom. The number of rotatable bonds is 14. The molecule has 1 amide bonds. The molecule has 1 aromatic carbocycles. The molecule has 11 nitrogen and oxygen atoms in total. The number of esters is 1. The fourth-order valence-electron chi connectivity index (χ4n) is 8.92. The van der Waals surface area contributed by atoms with E-state index < -0.39 is 11.6 Å². The van der Waals surface area contributed by atoms with Crippen molar-refractivity contribution in [1.82, 2.24) is 30.5 Å². The second-order valence-electron chi connectivity index (χ2n) is 15.5. The summed E-state index contributed by atoms with van der Waals surface area (Å²) < 4.78 is 8.13. The van der Waals surface area contributed by atoms with Crippen LogP contribution in [0.3, 0.4) is 0 Å².